The Morgan fingerprint density at radius 2 is 2.00 bits per heavy atom. The molecule has 2 atom stereocenters. The van der Waals surface area contributed by atoms with Gasteiger partial charge < -0.3 is 10.2 Å². The van der Waals surface area contributed by atoms with Crippen LogP contribution in [0.2, 0.25) is 5.02 Å². The van der Waals surface area contributed by atoms with Crippen molar-refractivity contribution < 1.29 is 4.79 Å². The number of hydrogen-bond acceptors (Lipinski definition) is 2. The summed E-state index contributed by atoms with van der Waals surface area (Å²) in [7, 11) is 0. The SMILES string of the molecule is O=C(NCCCN1CCCCC1)C1CC1c1ccccc1Cl. The molecule has 1 heterocycles. The van der Waals surface area contributed by atoms with Crippen molar-refractivity contribution >= 4 is 17.5 Å². The first kappa shape index (κ1) is 15.8. The van der Waals surface area contributed by atoms with Crippen LogP contribution in [0.15, 0.2) is 24.3 Å². The molecule has 3 rings (SSSR count). The molecule has 2 aliphatic rings. The van der Waals surface area contributed by atoms with Crippen molar-refractivity contribution in [1.29, 1.82) is 0 Å². The number of carbonyl (C=O) groups excluding carboxylic acids is 1. The van der Waals surface area contributed by atoms with Crippen LogP contribution < -0.4 is 5.32 Å². The number of likely N-dealkylation sites (tertiary alicyclic amines) is 1. The van der Waals surface area contributed by atoms with Gasteiger partial charge in [0.05, 0.1) is 0 Å². The Hall–Kier alpha value is -1.06. The van der Waals surface area contributed by atoms with Crippen LogP contribution in [0.3, 0.4) is 0 Å². The zero-order valence-electron chi connectivity index (χ0n) is 13.1. The maximum Gasteiger partial charge on any atom is 0.223 e. The fraction of sp³-hybridized carbons (Fsp3) is 0.611. The van der Waals surface area contributed by atoms with Gasteiger partial charge in [0.25, 0.3) is 0 Å². The van der Waals surface area contributed by atoms with Crippen molar-refractivity contribution in [3.8, 4) is 0 Å². The molecule has 0 radical (unpaired) electrons. The lowest BCUT2D eigenvalue weighted by molar-refractivity contribution is -0.122. The molecule has 1 aromatic rings. The molecule has 2 fully saturated rings. The molecule has 1 aliphatic carbocycles. The monoisotopic (exact) mass is 320 g/mol. The minimum atomic E-state index is 0.120. The fourth-order valence-electron chi connectivity index (χ4n) is 3.43. The van der Waals surface area contributed by atoms with Crippen LogP contribution in [0, 0.1) is 5.92 Å². The predicted octanol–water partition coefficient (Wildman–Crippen LogP) is 3.44. The van der Waals surface area contributed by atoms with Crippen molar-refractivity contribution in [3.05, 3.63) is 34.9 Å². The quantitative estimate of drug-likeness (QED) is 0.814. The zero-order chi connectivity index (χ0) is 15.4. The number of hydrogen-bond donors (Lipinski definition) is 1. The van der Waals surface area contributed by atoms with Gasteiger partial charge in [0.15, 0.2) is 0 Å². The Balaban J connectivity index is 1.36. The van der Waals surface area contributed by atoms with E-state index in [4.69, 9.17) is 11.6 Å². The lowest BCUT2D eigenvalue weighted by Gasteiger charge is -2.26. The maximum absolute atomic E-state index is 12.2. The molecule has 1 N–H and O–H groups in total. The molecule has 3 nitrogen and oxygen atoms in total. The lowest BCUT2D eigenvalue weighted by Crippen LogP contribution is -2.33. The molecule has 0 spiro atoms. The van der Waals surface area contributed by atoms with Gasteiger partial charge in [-0.15, -0.1) is 0 Å². The van der Waals surface area contributed by atoms with Gasteiger partial charge in [0, 0.05) is 17.5 Å². The molecular weight excluding hydrogens is 296 g/mol. The second-order valence-corrected chi connectivity index (χ2v) is 6.92. The van der Waals surface area contributed by atoms with E-state index in [0.717, 1.165) is 36.5 Å². The van der Waals surface area contributed by atoms with Gasteiger partial charge in [-0.25, -0.2) is 0 Å². The van der Waals surface area contributed by atoms with E-state index >= 15 is 0 Å². The van der Waals surface area contributed by atoms with Gasteiger partial charge in [-0.1, -0.05) is 36.2 Å². The second-order valence-electron chi connectivity index (χ2n) is 6.52. The van der Waals surface area contributed by atoms with Gasteiger partial charge in [-0.05, 0) is 62.9 Å². The normalized spacial score (nSPS) is 25.0. The van der Waals surface area contributed by atoms with E-state index in [1.54, 1.807) is 0 Å². The lowest BCUT2D eigenvalue weighted by atomic mass is 10.1. The number of carbonyl (C=O) groups is 1. The van der Waals surface area contributed by atoms with Gasteiger partial charge >= 0.3 is 0 Å². The number of halogens is 1. The molecule has 0 bridgehead atoms. The molecule has 2 unspecified atom stereocenters. The van der Waals surface area contributed by atoms with Crippen LogP contribution in [-0.2, 0) is 4.79 Å². The summed E-state index contributed by atoms with van der Waals surface area (Å²) >= 11 is 6.20. The second kappa shape index (κ2) is 7.47. The van der Waals surface area contributed by atoms with E-state index in [9.17, 15) is 4.79 Å². The van der Waals surface area contributed by atoms with Crippen molar-refractivity contribution in [3.63, 3.8) is 0 Å². The van der Waals surface area contributed by atoms with Crippen LogP contribution in [0.25, 0.3) is 0 Å². The summed E-state index contributed by atoms with van der Waals surface area (Å²) in [5, 5.41) is 3.88. The molecule has 120 valence electrons. The Morgan fingerprint density at radius 3 is 2.77 bits per heavy atom. The third-order valence-corrected chi connectivity index (χ3v) is 5.18. The van der Waals surface area contributed by atoms with E-state index in [1.165, 1.54) is 32.4 Å². The highest BCUT2D eigenvalue weighted by molar-refractivity contribution is 6.31. The molecule has 4 heteroatoms. The largest absolute Gasteiger partial charge is 0.356 e. The van der Waals surface area contributed by atoms with Crippen LogP contribution in [0.1, 0.15) is 43.6 Å². The van der Waals surface area contributed by atoms with E-state index in [2.05, 4.69) is 10.2 Å². The standard InChI is InChI=1S/C18H25ClN2O/c19-17-8-3-2-7-14(17)15-13-16(15)18(22)20-9-6-12-21-10-4-1-5-11-21/h2-3,7-8,15-16H,1,4-6,9-13H2,(H,20,22). The van der Waals surface area contributed by atoms with Crippen molar-refractivity contribution in [1.82, 2.24) is 10.2 Å². The first-order valence-electron chi connectivity index (χ1n) is 8.50. The summed E-state index contributed by atoms with van der Waals surface area (Å²) in [4.78, 5) is 14.7. The molecule has 22 heavy (non-hydrogen) atoms. The van der Waals surface area contributed by atoms with Crippen LogP contribution in [0.5, 0.6) is 0 Å². The highest BCUT2D eigenvalue weighted by Gasteiger charge is 2.44. The summed E-state index contributed by atoms with van der Waals surface area (Å²) < 4.78 is 0. The minimum Gasteiger partial charge on any atom is -0.356 e. The third-order valence-electron chi connectivity index (χ3n) is 4.83. The van der Waals surface area contributed by atoms with Gasteiger partial charge in [0.2, 0.25) is 5.91 Å². The van der Waals surface area contributed by atoms with Crippen LogP contribution >= 0.6 is 11.6 Å². The fourth-order valence-corrected chi connectivity index (χ4v) is 3.71. The third kappa shape index (κ3) is 4.02. The van der Waals surface area contributed by atoms with E-state index in [-0.39, 0.29) is 11.8 Å². The highest BCUT2D eigenvalue weighted by Crippen LogP contribution is 2.49. The number of nitrogens with zero attached hydrogens (tertiary/aromatic N) is 1. The van der Waals surface area contributed by atoms with Crippen LogP contribution in [-0.4, -0.2) is 37.0 Å². The summed E-state index contributed by atoms with van der Waals surface area (Å²) in [5.74, 6) is 0.634. The van der Waals surface area contributed by atoms with Crippen molar-refractivity contribution in [2.45, 2.75) is 38.0 Å². The average Bonchev–Trinajstić information content (AvgIpc) is 3.33. The molecule has 1 saturated heterocycles. The maximum atomic E-state index is 12.2. The summed E-state index contributed by atoms with van der Waals surface area (Å²) in [6.07, 6.45) is 6.01. The van der Waals surface area contributed by atoms with Crippen LogP contribution in [0.4, 0.5) is 0 Å². The number of benzene rings is 1. The Kier molecular flexibility index (Phi) is 5.37. The smallest absolute Gasteiger partial charge is 0.223 e. The number of nitrogens with one attached hydrogen (secondary N) is 1. The number of rotatable bonds is 6. The first-order valence-corrected chi connectivity index (χ1v) is 8.88. The Morgan fingerprint density at radius 1 is 1.23 bits per heavy atom. The minimum absolute atomic E-state index is 0.120. The Bertz CT molecular complexity index is 514. The van der Waals surface area contributed by atoms with E-state index < -0.39 is 0 Å². The number of piperidine rings is 1. The molecule has 1 aromatic carbocycles. The molecule has 1 saturated carbocycles. The van der Waals surface area contributed by atoms with Gasteiger partial charge in [-0.3, -0.25) is 4.79 Å². The van der Waals surface area contributed by atoms with Gasteiger partial charge in [-0.2, -0.15) is 0 Å². The topological polar surface area (TPSA) is 32.3 Å². The summed E-state index contributed by atoms with van der Waals surface area (Å²) in [6, 6.07) is 7.87. The average molecular weight is 321 g/mol. The summed E-state index contributed by atoms with van der Waals surface area (Å²) in [5.41, 5.74) is 1.12. The van der Waals surface area contributed by atoms with Gasteiger partial charge in [0.1, 0.15) is 0 Å². The first-order chi connectivity index (χ1) is 10.8. The van der Waals surface area contributed by atoms with E-state index in [1.807, 2.05) is 24.3 Å². The molecule has 1 aliphatic heterocycles. The Labute approximate surface area is 138 Å². The number of amides is 1. The van der Waals surface area contributed by atoms with Crippen molar-refractivity contribution in [2.24, 2.45) is 5.92 Å². The predicted molar refractivity (Wildman–Crippen MR) is 90.2 cm³/mol. The zero-order valence-corrected chi connectivity index (χ0v) is 13.8. The van der Waals surface area contributed by atoms with Crippen molar-refractivity contribution in [2.75, 3.05) is 26.2 Å². The van der Waals surface area contributed by atoms with E-state index in [0.29, 0.717) is 5.92 Å². The summed E-state index contributed by atoms with van der Waals surface area (Å²) in [6.45, 7) is 4.36. The molecule has 0 aromatic heterocycles. The molecule has 1 amide bonds. The molecular formula is C18H25ClN2O. The highest BCUT2D eigenvalue weighted by atomic mass is 35.5.